The van der Waals surface area contributed by atoms with Crippen molar-refractivity contribution in [3.8, 4) is 16.9 Å². The van der Waals surface area contributed by atoms with Crippen LogP contribution in [0.2, 0.25) is 0 Å². The summed E-state index contributed by atoms with van der Waals surface area (Å²) in [5, 5.41) is 4.55. The average Bonchev–Trinajstić information content (AvgIpc) is 2.93. The molecule has 1 amide bonds. The fraction of sp³-hybridized carbons (Fsp3) is 0.241. The zero-order valence-electron chi connectivity index (χ0n) is 20.4. The molecular weight excluding hydrogens is 470 g/mol. The number of thioether (sulfide) groups is 1. The standard InChI is InChI=1S/C29H29N3O3S/c1-20(29(33)30-22-8-10-23(11-9-22)32-14-16-35-17-15-32)36-28-19-26(21-6-4-3-5-7-21)25-13-12-24(34-2)18-27(25)31-28/h3-13,18-20H,14-17H2,1-2H3,(H,30,33)/t20-/m0/s1. The molecule has 2 heterocycles. The number of amides is 1. The Balaban J connectivity index is 1.33. The van der Waals surface area contributed by atoms with Gasteiger partial charge >= 0.3 is 0 Å². The summed E-state index contributed by atoms with van der Waals surface area (Å²) in [5.74, 6) is 0.690. The molecule has 1 saturated heterocycles. The van der Waals surface area contributed by atoms with Crippen LogP contribution in [0.15, 0.2) is 83.9 Å². The summed E-state index contributed by atoms with van der Waals surface area (Å²) in [5.41, 5.74) is 4.95. The number of carbonyl (C=O) groups excluding carboxylic acids is 1. The molecule has 1 aliphatic rings. The molecular formula is C29H29N3O3S. The summed E-state index contributed by atoms with van der Waals surface area (Å²) in [4.78, 5) is 20.2. The minimum absolute atomic E-state index is 0.0621. The fourth-order valence-electron chi connectivity index (χ4n) is 4.28. The maximum Gasteiger partial charge on any atom is 0.237 e. The van der Waals surface area contributed by atoms with Crippen LogP contribution in [0.5, 0.6) is 5.75 Å². The van der Waals surface area contributed by atoms with Crippen molar-refractivity contribution < 1.29 is 14.3 Å². The molecule has 0 bridgehead atoms. The average molecular weight is 500 g/mol. The number of methoxy groups -OCH3 is 1. The first-order valence-corrected chi connectivity index (χ1v) is 12.9. The van der Waals surface area contributed by atoms with Crippen LogP contribution < -0.4 is 15.0 Å². The molecule has 184 valence electrons. The Labute approximate surface area is 215 Å². The smallest absolute Gasteiger partial charge is 0.237 e. The topological polar surface area (TPSA) is 63.7 Å². The van der Waals surface area contributed by atoms with E-state index >= 15 is 0 Å². The van der Waals surface area contributed by atoms with Gasteiger partial charge in [0, 0.05) is 35.9 Å². The van der Waals surface area contributed by atoms with Gasteiger partial charge in [-0.05, 0) is 60.5 Å². The van der Waals surface area contributed by atoms with Crippen LogP contribution >= 0.6 is 11.8 Å². The van der Waals surface area contributed by atoms with Crippen molar-refractivity contribution in [3.63, 3.8) is 0 Å². The Morgan fingerprint density at radius 3 is 2.50 bits per heavy atom. The highest BCUT2D eigenvalue weighted by molar-refractivity contribution is 8.00. The van der Waals surface area contributed by atoms with E-state index in [1.54, 1.807) is 7.11 Å². The highest BCUT2D eigenvalue weighted by Crippen LogP contribution is 2.34. The lowest BCUT2D eigenvalue weighted by Gasteiger charge is -2.28. The van der Waals surface area contributed by atoms with Gasteiger partial charge in [-0.1, -0.05) is 42.1 Å². The Kier molecular flexibility index (Phi) is 7.39. The molecule has 1 N–H and O–H groups in total. The Bertz CT molecular complexity index is 1340. The maximum absolute atomic E-state index is 13.0. The van der Waals surface area contributed by atoms with E-state index in [-0.39, 0.29) is 11.2 Å². The van der Waals surface area contributed by atoms with Gasteiger partial charge in [0.05, 0.1) is 36.1 Å². The summed E-state index contributed by atoms with van der Waals surface area (Å²) < 4.78 is 10.8. The minimum atomic E-state index is -0.330. The molecule has 0 aliphatic carbocycles. The lowest BCUT2D eigenvalue weighted by molar-refractivity contribution is -0.115. The molecule has 3 aromatic carbocycles. The zero-order valence-corrected chi connectivity index (χ0v) is 21.3. The van der Waals surface area contributed by atoms with Crippen LogP contribution in [0.1, 0.15) is 6.92 Å². The highest BCUT2D eigenvalue weighted by Gasteiger charge is 2.18. The number of carbonyl (C=O) groups is 1. The summed E-state index contributed by atoms with van der Waals surface area (Å²) in [6.45, 7) is 5.16. The Hall–Kier alpha value is -3.55. The third-order valence-corrected chi connectivity index (χ3v) is 7.27. The van der Waals surface area contributed by atoms with Crippen molar-refractivity contribution in [2.24, 2.45) is 0 Å². The molecule has 7 heteroatoms. The first-order chi connectivity index (χ1) is 17.6. The van der Waals surface area contributed by atoms with E-state index in [1.165, 1.54) is 11.8 Å². The van der Waals surface area contributed by atoms with Crippen molar-refractivity contribution in [1.29, 1.82) is 0 Å². The number of anilines is 2. The number of ether oxygens (including phenoxy) is 2. The molecule has 0 unspecified atom stereocenters. The largest absolute Gasteiger partial charge is 0.497 e. The fourth-order valence-corrected chi connectivity index (χ4v) is 5.15. The first-order valence-electron chi connectivity index (χ1n) is 12.1. The SMILES string of the molecule is COc1ccc2c(-c3ccccc3)cc(S[C@@H](C)C(=O)Nc3ccc(N4CCOCC4)cc3)nc2c1. The number of hydrogen-bond donors (Lipinski definition) is 1. The van der Waals surface area contributed by atoms with Crippen LogP contribution in [-0.4, -0.2) is 49.6 Å². The van der Waals surface area contributed by atoms with Crippen molar-refractivity contribution >= 4 is 39.9 Å². The van der Waals surface area contributed by atoms with Gasteiger partial charge < -0.3 is 19.7 Å². The van der Waals surface area contributed by atoms with E-state index in [4.69, 9.17) is 14.5 Å². The molecule has 0 spiro atoms. The molecule has 1 atom stereocenters. The first kappa shape index (κ1) is 24.2. The number of pyridine rings is 1. The summed E-state index contributed by atoms with van der Waals surface area (Å²) in [6.07, 6.45) is 0. The number of aromatic nitrogens is 1. The van der Waals surface area contributed by atoms with Crippen molar-refractivity contribution in [2.45, 2.75) is 17.2 Å². The van der Waals surface area contributed by atoms with Crippen LogP contribution in [-0.2, 0) is 9.53 Å². The Morgan fingerprint density at radius 1 is 1.03 bits per heavy atom. The van der Waals surface area contributed by atoms with E-state index in [2.05, 4.69) is 28.4 Å². The third-order valence-electron chi connectivity index (χ3n) is 6.26. The molecule has 0 radical (unpaired) electrons. The lowest BCUT2D eigenvalue weighted by atomic mass is 10.0. The number of benzene rings is 3. The maximum atomic E-state index is 13.0. The van der Waals surface area contributed by atoms with Gasteiger partial charge in [0.1, 0.15) is 5.75 Å². The van der Waals surface area contributed by atoms with Gasteiger partial charge in [0.2, 0.25) is 5.91 Å². The second-order valence-electron chi connectivity index (χ2n) is 8.65. The molecule has 1 fully saturated rings. The molecule has 36 heavy (non-hydrogen) atoms. The van der Waals surface area contributed by atoms with Gasteiger partial charge in [-0.3, -0.25) is 4.79 Å². The number of nitrogens with one attached hydrogen (secondary N) is 1. The van der Waals surface area contributed by atoms with Crippen LogP contribution in [0.4, 0.5) is 11.4 Å². The monoisotopic (exact) mass is 499 g/mol. The van der Waals surface area contributed by atoms with Crippen molar-refractivity contribution in [3.05, 3.63) is 78.9 Å². The van der Waals surface area contributed by atoms with Gasteiger partial charge in [-0.25, -0.2) is 4.98 Å². The Morgan fingerprint density at radius 2 is 1.78 bits per heavy atom. The number of nitrogens with zero attached hydrogens (tertiary/aromatic N) is 2. The normalized spacial score (nSPS) is 14.4. The van der Waals surface area contributed by atoms with E-state index in [0.29, 0.717) is 0 Å². The van der Waals surface area contributed by atoms with E-state index in [9.17, 15) is 4.79 Å². The van der Waals surface area contributed by atoms with E-state index in [0.717, 1.165) is 70.5 Å². The molecule has 1 aliphatic heterocycles. The second-order valence-corrected chi connectivity index (χ2v) is 10.0. The number of morpholine rings is 1. The summed E-state index contributed by atoms with van der Waals surface area (Å²) in [7, 11) is 1.65. The zero-order chi connectivity index (χ0) is 24.9. The minimum Gasteiger partial charge on any atom is -0.497 e. The third kappa shape index (κ3) is 5.48. The van der Waals surface area contributed by atoms with E-state index in [1.807, 2.05) is 67.6 Å². The highest BCUT2D eigenvalue weighted by atomic mass is 32.2. The van der Waals surface area contributed by atoms with Gasteiger partial charge in [-0.2, -0.15) is 0 Å². The van der Waals surface area contributed by atoms with Crippen molar-refractivity contribution in [1.82, 2.24) is 4.98 Å². The molecule has 1 aromatic heterocycles. The number of rotatable bonds is 7. The van der Waals surface area contributed by atoms with Gasteiger partial charge in [0.25, 0.3) is 0 Å². The second kappa shape index (κ2) is 11.0. The predicted octanol–water partition coefficient (Wildman–Crippen LogP) is 5.87. The van der Waals surface area contributed by atoms with Crippen LogP contribution in [0.25, 0.3) is 22.0 Å². The van der Waals surface area contributed by atoms with Crippen LogP contribution in [0.3, 0.4) is 0 Å². The summed E-state index contributed by atoms with van der Waals surface area (Å²) >= 11 is 1.45. The van der Waals surface area contributed by atoms with E-state index < -0.39 is 0 Å². The van der Waals surface area contributed by atoms with Crippen molar-refractivity contribution in [2.75, 3.05) is 43.6 Å². The van der Waals surface area contributed by atoms with Gasteiger partial charge in [0.15, 0.2) is 0 Å². The molecule has 0 saturated carbocycles. The quantitative estimate of drug-likeness (QED) is 0.321. The number of hydrogen-bond acceptors (Lipinski definition) is 6. The van der Waals surface area contributed by atoms with Gasteiger partial charge in [-0.15, -0.1) is 0 Å². The molecule has 6 nitrogen and oxygen atoms in total. The summed E-state index contributed by atoms with van der Waals surface area (Å²) in [6, 6.07) is 26.2. The van der Waals surface area contributed by atoms with Crippen LogP contribution in [0, 0.1) is 0 Å². The molecule has 4 aromatic rings. The number of fused-ring (bicyclic) bond motifs is 1. The predicted molar refractivity (Wildman–Crippen MR) is 147 cm³/mol. The lowest BCUT2D eigenvalue weighted by Crippen LogP contribution is -2.36. The molecule has 5 rings (SSSR count).